The second-order valence-electron chi connectivity index (χ2n) is 7.25. The monoisotopic (exact) mass is 349 g/mol. The second-order valence-corrected chi connectivity index (χ2v) is 7.25. The van der Waals surface area contributed by atoms with Gasteiger partial charge in [0.05, 0.1) is 7.11 Å². The summed E-state index contributed by atoms with van der Waals surface area (Å²) in [5.41, 5.74) is 1.87. The van der Waals surface area contributed by atoms with Gasteiger partial charge in [-0.05, 0) is 25.0 Å². The van der Waals surface area contributed by atoms with E-state index in [4.69, 9.17) is 4.74 Å². The molecule has 0 saturated heterocycles. The summed E-state index contributed by atoms with van der Waals surface area (Å²) in [5, 5.41) is 0. The molecule has 1 aromatic heterocycles. The Morgan fingerprint density at radius 2 is 1.32 bits per heavy atom. The molecule has 0 unspecified atom stereocenters. The van der Waals surface area contributed by atoms with Gasteiger partial charge in [-0.25, -0.2) is 4.79 Å². The van der Waals surface area contributed by atoms with Crippen LogP contribution in [0.1, 0.15) is 107 Å². The lowest BCUT2D eigenvalue weighted by atomic mass is 10.0. The van der Waals surface area contributed by atoms with Crippen molar-refractivity contribution in [3.05, 3.63) is 23.5 Å². The molecule has 3 heteroatoms. The maximum Gasteiger partial charge on any atom is 0.354 e. The number of esters is 1. The zero-order valence-electron chi connectivity index (χ0n) is 16.8. The van der Waals surface area contributed by atoms with Crippen LogP contribution in [0, 0.1) is 0 Å². The lowest BCUT2D eigenvalue weighted by Gasteiger charge is -2.06. The Bertz CT molecular complexity index is 465. The number of carbonyl (C=O) groups excluding carboxylic acids is 1. The first kappa shape index (κ1) is 21.8. The fourth-order valence-corrected chi connectivity index (χ4v) is 3.44. The van der Waals surface area contributed by atoms with Gasteiger partial charge in [0.25, 0.3) is 0 Å². The summed E-state index contributed by atoms with van der Waals surface area (Å²) < 4.78 is 6.76. The number of methoxy groups -OCH3 is 1. The molecule has 0 aliphatic carbocycles. The van der Waals surface area contributed by atoms with Crippen LogP contribution >= 0.6 is 0 Å². The first-order valence-corrected chi connectivity index (χ1v) is 10.4. The summed E-state index contributed by atoms with van der Waals surface area (Å²) in [5.74, 6) is -0.251. The number of unbranched alkanes of at least 4 members (excludes halogenated alkanes) is 12. The van der Waals surface area contributed by atoms with Crippen molar-refractivity contribution in [2.75, 3.05) is 7.11 Å². The van der Waals surface area contributed by atoms with E-state index in [0.29, 0.717) is 5.69 Å². The first-order valence-electron chi connectivity index (χ1n) is 10.4. The van der Waals surface area contributed by atoms with Crippen molar-refractivity contribution in [2.24, 2.45) is 7.05 Å². The predicted octanol–water partition coefficient (Wildman–Crippen LogP) is 6.45. The van der Waals surface area contributed by atoms with Gasteiger partial charge in [-0.3, -0.25) is 0 Å². The third kappa shape index (κ3) is 9.13. The van der Waals surface area contributed by atoms with Crippen molar-refractivity contribution >= 4 is 5.97 Å². The second kappa shape index (κ2) is 14.0. The van der Waals surface area contributed by atoms with Crippen LogP contribution in [0.5, 0.6) is 0 Å². The van der Waals surface area contributed by atoms with Crippen LogP contribution in [-0.4, -0.2) is 17.6 Å². The lowest BCUT2D eigenvalue weighted by molar-refractivity contribution is 0.0589. The third-order valence-electron chi connectivity index (χ3n) is 5.16. The van der Waals surface area contributed by atoms with Crippen LogP contribution in [0.4, 0.5) is 0 Å². The van der Waals surface area contributed by atoms with E-state index in [1.54, 1.807) is 0 Å². The van der Waals surface area contributed by atoms with Gasteiger partial charge >= 0.3 is 5.97 Å². The van der Waals surface area contributed by atoms with Crippen molar-refractivity contribution in [1.82, 2.24) is 4.57 Å². The molecule has 1 aromatic rings. The van der Waals surface area contributed by atoms with E-state index < -0.39 is 0 Å². The average molecular weight is 350 g/mol. The molecule has 0 aliphatic rings. The van der Waals surface area contributed by atoms with E-state index in [2.05, 4.69) is 6.92 Å². The minimum Gasteiger partial charge on any atom is -0.464 e. The van der Waals surface area contributed by atoms with E-state index >= 15 is 0 Å². The van der Waals surface area contributed by atoms with Gasteiger partial charge < -0.3 is 9.30 Å². The molecule has 1 heterocycles. The molecule has 0 radical (unpaired) electrons. The van der Waals surface area contributed by atoms with Crippen molar-refractivity contribution in [3.63, 3.8) is 0 Å². The fourth-order valence-electron chi connectivity index (χ4n) is 3.44. The minimum atomic E-state index is -0.251. The molecule has 0 spiro atoms. The van der Waals surface area contributed by atoms with Gasteiger partial charge in [-0.15, -0.1) is 0 Å². The highest BCUT2D eigenvalue weighted by molar-refractivity contribution is 5.87. The molecular formula is C22H39NO2. The number of rotatable bonds is 15. The number of aromatic nitrogens is 1. The Labute approximate surface area is 155 Å². The van der Waals surface area contributed by atoms with Crippen LogP contribution in [0.3, 0.4) is 0 Å². The van der Waals surface area contributed by atoms with Gasteiger partial charge in [-0.1, -0.05) is 84.0 Å². The largest absolute Gasteiger partial charge is 0.464 e. The molecule has 144 valence electrons. The minimum absolute atomic E-state index is 0.251. The smallest absolute Gasteiger partial charge is 0.354 e. The predicted molar refractivity (Wildman–Crippen MR) is 106 cm³/mol. The molecule has 1 rings (SSSR count). The van der Waals surface area contributed by atoms with Crippen molar-refractivity contribution < 1.29 is 9.53 Å². The number of nitrogens with zero attached hydrogens (tertiary/aromatic N) is 1. The quantitative estimate of drug-likeness (QED) is 0.269. The van der Waals surface area contributed by atoms with E-state index in [1.807, 2.05) is 23.7 Å². The van der Waals surface area contributed by atoms with Gasteiger partial charge in [0.2, 0.25) is 0 Å². The van der Waals surface area contributed by atoms with E-state index in [0.717, 1.165) is 6.42 Å². The van der Waals surface area contributed by atoms with Gasteiger partial charge in [0.15, 0.2) is 0 Å². The van der Waals surface area contributed by atoms with Crippen molar-refractivity contribution in [2.45, 2.75) is 96.8 Å². The third-order valence-corrected chi connectivity index (χ3v) is 5.16. The van der Waals surface area contributed by atoms with Crippen LogP contribution in [0.15, 0.2) is 12.1 Å². The average Bonchev–Trinajstić information content (AvgIpc) is 2.99. The molecule has 3 nitrogen and oxygen atoms in total. The first-order chi connectivity index (χ1) is 12.2. The van der Waals surface area contributed by atoms with E-state index in [9.17, 15) is 4.79 Å². The summed E-state index contributed by atoms with van der Waals surface area (Å²) >= 11 is 0. The molecule has 0 bridgehead atoms. The SMILES string of the molecule is CCCCCCCCCCCCCCCc1ccc(C(=O)OC)n1C. The molecule has 0 atom stereocenters. The highest BCUT2D eigenvalue weighted by Crippen LogP contribution is 2.15. The number of aryl methyl sites for hydroxylation is 1. The highest BCUT2D eigenvalue weighted by atomic mass is 16.5. The van der Waals surface area contributed by atoms with Crippen LogP contribution < -0.4 is 0 Å². The van der Waals surface area contributed by atoms with Crippen LogP contribution in [0.2, 0.25) is 0 Å². The standard InChI is InChI=1S/C22H39NO2/c1-4-5-6-7-8-9-10-11-12-13-14-15-16-17-20-18-19-21(23(20)2)22(24)25-3/h18-19H,4-17H2,1-3H3. The van der Waals surface area contributed by atoms with Gasteiger partial charge in [0, 0.05) is 12.7 Å². The van der Waals surface area contributed by atoms with Crippen molar-refractivity contribution in [3.8, 4) is 0 Å². The maximum absolute atomic E-state index is 11.6. The zero-order chi connectivity index (χ0) is 18.3. The normalized spacial score (nSPS) is 11.0. The Balaban J connectivity index is 1.95. The number of hydrogen-bond donors (Lipinski definition) is 0. The summed E-state index contributed by atoms with van der Waals surface area (Å²) in [6, 6.07) is 3.91. The van der Waals surface area contributed by atoms with Crippen molar-refractivity contribution in [1.29, 1.82) is 0 Å². The summed E-state index contributed by atoms with van der Waals surface area (Å²) in [4.78, 5) is 11.6. The molecule has 25 heavy (non-hydrogen) atoms. The Morgan fingerprint density at radius 1 is 0.840 bits per heavy atom. The Morgan fingerprint density at radius 3 is 1.80 bits per heavy atom. The summed E-state index contributed by atoms with van der Waals surface area (Å²) in [7, 11) is 3.38. The number of ether oxygens (including phenoxy) is 1. The van der Waals surface area contributed by atoms with E-state index in [-0.39, 0.29) is 5.97 Å². The summed E-state index contributed by atoms with van der Waals surface area (Å²) in [6.07, 6.45) is 19.0. The molecule has 0 saturated carbocycles. The molecule has 0 aromatic carbocycles. The highest BCUT2D eigenvalue weighted by Gasteiger charge is 2.11. The molecular weight excluding hydrogens is 310 g/mol. The molecule has 0 aliphatic heterocycles. The van der Waals surface area contributed by atoms with Crippen LogP contribution in [-0.2, 0) is 18.2 Å². The lowest BCUT2D eigenvalue weighted by Crippen LogP contribution is -2.09. The summed E-state index contributed by atoms with van der Waals surface area (Å²) in [6.45, 7) is 2.28. The van der Waals surface area contributed by atoms with Gasteiger partial charge in [-0.2, -0.15) is 0 Å². The fraction of sp³-hybridized carbons (Fsp3) is 0.773. The van der Waals surface area contributed by atoms with Gasteiger partial charge in [0.1, 0.15) is 5.69 Å². The molecule has 0 N–H and O–H groups in total. The molecule has 0 amide bonds. The maximum atomic E-state index is 11.6. The zero-order valence-corrected chi connectivity index (χ0v) is 16.8. The topological polar surface area (TPSA) is 31.2 Å². The number of carbonyl (C=O) groups is 1. The van der Waals surface area contributed by atoms with Crippen LogP contribution in [0.25, 0.3) is 0 Å². The Hall–Kier alpha value is -1.25. The molecule has 0 fully saturated rings. The van der Waals surface area contributed by atoms with E-state index in [1.165, 1.54) is 96.3 Å². The Kier molecular flexibility index (Phi) is 12.2. The number of hydrogen-bond acceptors (Lipinski definition) is 2.